The van der Waals surface area contributed by atoms with Crippen molar-refractivity contribution in [2.45, 2.75) is 20.0 Å². The molecule has 0 fully saturated rings. The van der Waals surface area contributed by atoms with E-state index in [1.54, 1.807) is 29.4 Å². The van der Waals surface area contributed by atoms with Gasteiger partial charge in [-0.1, -0.05) is 12.1 Å². The largest absolute Gasteiger partial charge is 0.482 e. The minimum Gasteiger partial charge on any atom is -0.482 e. The number of fused-ring (bicyclic) bond motifs is 1. The number of amides is 2. The summed E-state index contributed by atoms with van der Waals surface area (Å²) in [4.78, 5) is 30.3. The molecule has 0 bridgehead atoms. The van der Waals surface area contributed by atoms with E-state index >= 15 is 0 Å². The van der Waals surface area contributed by atoms with Crippen LogP contribution in [0.2, 0.25) is 0 Å². The van der Waals surface area contributed by atoms with Gasteiger partial charge in [0.2, 0.25) is 0 Å². The molecule has 0 saturated carbocycles. The fraction of sp³-hybridized carbons (Fsp3) is 0.190. The minimum atomic E-state index is -0.320. The second-order valence-corrected chi connectivity index (χ2v) is 6.55. The zero-order valence-corrected chi connectivity index (χ0v) is 15.3. The topological polar surface area (TPSA) is 84.7 Å². The number of ether oxygens (including phenoxy) is 1. The molecular formula is C21H19N3O4. The fourth-order valence-corrected chi connectivity index (χ4v) is 3.00. The summed E-state index contributed by atoms with van der Waals surface area (Å²) in [6, 6.07) is 12.7. The average molecular weight is 377 g/mol. The van der Waals surface area contributed by atoms with E-state index in [4.69, 9.17) is 9.15 Å². The van der Waals surface area contributed by atoms with Crippen LogP contribution >= 0.6 is 0 Å². The molecule has 0 atom stereocenters. The summed E-state index contributed by atoms with van der Waals surface area (Å²) in [5, 5.41) is 2.79. The van der Waals surface area contributed by atoms with Crippen LogP contribution in [-0.2, 0) is 17.9 Å². The first-order valence-corrected chi connectivity index (χ1v) is 8.90. The van der Waals surface area contributed by atoms with Gasteiger partial charge in [0.05, 0.1) is 12.2 Å². The number of carbonyl (C=O) groups excluding carboxylic acids is 2. The van der Waals surface area contributed by atoms with Crippen molar-refractivity contribution in [1.82, 2.24) is 10.3 Å². The first-order valence-electron chi connectivity index (χ1n) is 8.90. The number of rotatable bonds is 5. The maximum atomic E-state index is 12.3. The molecule has 1 aromatic carbocycles. The van der Waals surface area contributed by atoms with Crippen molar-refractivity contribution in [3.8, 4) is 5.75 Å². The lowest BCUT2D eigenvalue weighted by Gasteiger charge is -2.29. The maximum absolute atomic E-state index is 12.3. The summed E-state index contributed by atoms with van der Waals surface area (Å²) in [5.74, 6) is 0.904. The third-order valence-corrected chi connectivity index (χ3v) is 4.43. The van der Waals surface area contributed by atoms with Gasteiger partial charge in [-0.05, 0) is 48.4 Å². The Balaban J connectivity index is 1.46. The van der Waals surface area contributed by atoms with Gasteiger partial charge in [0.1, 0.15) is 11.5 Å². The first-order chi connectivity index (χ1) is 13.6. The van der Waals surface area contributed by atoms with Crippen molar-refractivity contribution >= 4 is 17.5 Å². The number of pyridine rings is 1. The molecule has 3 aromatic rings. The van der Waals surface area contributed by atoms with Gasteiger partial charge >= 0.3 is 0 Å². The highest BCUT2D eigenvalue weighted by molar-refractivity contribution is 5.97. The Morgan fingerprint density at radius 1 is 1.25 bits per heavy atom. The van der Waals surface area contributed by atoms with E-state index in [1.807, 2.05) is 37.3 Å². The normalized spacial score (nSPS) is 13.0. The van der Waals surface area contributed by atoms with Crippen molar-refractivity contribution in [3.05, 3.63) is 77.5 Å². The van der Waals surface area contributed by atoms with Crippen LogP contribution in [0, 0.1) is 6.92 Å². The molecule has 3 heterocycles. The highest BCUT2D eigenvalue weighted by atomic mass is 16.5. The zero-order valence-electron chi connectivity index (χ0n) is 15.3. The van der Waals surface area contributed by atoms with Gasteiger partial charge in [-0.3, -0.25) is 19.5 Å². The smallest absolute Gasteiger partial charge is 0.287 e. The highest BCUT2D eigenvalue weighted by Gasteiger charge is 2.27. The predicted octanol–water partition coefficient (Wildman–Crippen LogP) is 2.84. The van der Waals surface area contributed by atoms with Crippen LogP contribution in [0.25, 0.3) is 0 Å². The number of nitrogens with zero attached hydrogens (tertiary/aromatic N) is 2. The van der Waals surface area contributed by atoms with Crippen LogP contribution in [0.3, 0.4) is 0 Å². The molecule has 0 saturated heterocycles. The molecule has 0 spiro atoms. The Bertz CT molecular complexity index is 1010. The molecule has 1 aliphatic rings. The van der Waals surface area contributed by atoms with Crippen LogP contribution in [-0.4, -0.2) is 23.4 Å². The van der Waals surface area contributed by atoms with Crippen molar-refractivity contribution in [2.75, 3.05) is 11.5 Å². The van der Waals surface area contributed by atoms with Crippen molar-refractivity contribution < 1.29 is 18.7 Å². The molecule has 0 radical (unpaired) electrons. The van der Waals surface area contributed by atoms with Crippen LogP contribution < -0.4 is 15.0 Å². The number of carbonyl (C=O) groups is 2. The summed E-state index contributed by atoms with van der Waals surface area (Å²) in [7, 11) is 0. The van der Waals surface area contributed by atoms with Crippen molar-refractivity contribution in [3.63, 3.8) is 0 Å². The Morgan fingerprint density at radius 2 is 2.14 bits per heavy atom. The number of hydrogen-bond acceptors (Lipinski definition) is 5. The Hall–Kier alpha value is -3.61. The third-order valence-electron chi connectivity index (χ3n) is 4.43. The SMILES string of the molecule is Cc1ccc2c(c1)N(Cc1ccc(C(=O)NCc3cccnc3)o1)C(=O)CO2. The average Bonchev–Trinajstić information content (AvgIpc) is 3.18. The third kappa shape index (κ3) is 3.73. The van der Waals surface area contributed by atoms with Crippen molar-refractivity contribution in [1.29, 1.82) is 0 Å². The fourth-order valence-electron chi connectivity index (χ4n) is 3.00. The lowest BCUT2D eigenvalue weighted by molar-refractivity contribution is -0.121. The number of furan rings is 1. The van der Waals surface area contributed by atoms with Gasteiger partial charge < -0.3 is 14.5 Å². The van der Waals surface area contributed by atoms with Crippen LogP contribution in [0.5, 0.6) is 5.75 Å². The molecule has 2 aromatic heterocycles. The Labute approximate surface area is 161 Å². The summed E-state index contributed by atoms with van der Waals surface area (Å²) in [5.41, 5.74) is 2.63. The molecule has 2 amide bonds. The van der Waals surface area contributed by atoms with E-state index in [-0.39, 0.29) is 30.7 Å². The van der Waals surface area contributed by atoms with Crippen LogP contribution in [0.1, 0.15) is 27.4 Å². The second kappa shape index (κ2) is 7.56. The van der Waals surface area contributed by atoms with Crippen LogP contribution in [0.4, 0.5) is 5.69 Å². The first kappa shape index (κ1) is 17.8. The monoisotopic (exact) mass is 377 g/mol. The van der Waals surface area contributed by atoms with Crippen molar-refractivity contribution in [2.24, 2.45) is 0 Å². The molecule has 4 rings (SSSR count). The molecule has 142 valence electrons. The highest BCUT2D eigenvalue weighted by Crippen LogP contribution is 2.34. The number of nitrogens with one attached hydrogen (secondary N) is 1. The second-order valence-electron chi connectivity index (χ2n) is 6.55. The lowest BCUT2D eigenvalue weighted by Crippen LogP contribution is -2.38. The molecule has 0 unspecified atom stereocenters. The standard InChI is InChI=1S/C21H19N3O4/c1-14-4-6-18-17(9-14)24(20(25)13-27-18)12-16-5-7-19(28-16)21(26)23-11-15-3-2-8-22-10-15/h2-10H,11-13H2,1H3,(H,23,26). The molecule has 0 aliphatic carbocycles. The molecule has 1 aliphatic heterocycles. The summed E-state index contributed by atoms with van der Waals surface area (Å²) in [6.45, 7) is 2.52. The van der Waals surface area contributed by atoms with Gasteiger partial charge in [0, 0.05) is 18.9 Å². The van der Waals surface area contributed by atoms with E-state index in [0.29, 0.717) is 23.7 Å². The van der Waals surface area contributed by atoms with Gasteiger partial charge in [-0.25, -0.2) is 0 Å². The molecular weight excluding hydrogens is 358 g/mol. The summed E-state index contributed by atoms with van der Waals surface area (Å²) >= 11 is 0. The van der Waals surface area contributed by atoms with Gasteiger partial charge in [-0.2, -0.15) is 0 Å². The Morgan fingerprint density at radius 3 is 2.96 bits per heavy atom. The Kier molecular flexibility index (Phi) is 4.80. The van der Waals surface area contributed by atoms with E-state index in [9.17, 15) is 9.59 Å². The number of hydrogen-bond donors (Lipinski definition) is 1. The number of aryl methyl sites for hydroxylation is 1. The molecule has 7 heteroatoms. The van der Waals surface area contributed by atoms with Gasteiger partial charge in [-0.15, -0.1) is 0 Å². The van der Waals surface area contributed by atoms with Crippen LogP contribution in [0.15, 0.2) is 59.3 Å². The molecule has 28 heavy (non-hydrogen) atoms. The number of aromatic nitrogens is 1. The predicted molar refractivity (Wildman–Crippen MR) is 102 cm³/mol. The van der Waals surface area contributed by atoms with E-state index in [1.165, 1.54) is 0 Å². The molecule has 1 N–H and O–H groups in total. The lowest BCUT2D eigenvalue weighted by atomic mass is 10.1. The maximum Gasteiger partial charge on any atom is 0.287 e. The molecule has 7 nitrogen and oxygen atoms in total. The quantitative estimate of drug-likeness (QED) is 0.739. The van der Waals surface area contributed by atoms with E-state index in [0.717, 1.165) is 11.1 Å². The number of benzene rings is 1. The number of anilines is 1. The van der Waals surface area contributed by atoms with E-state index in [2.05, 4.69) is 10.3 Å². The van der Waals surface area contributed by atoms with E-state index < -0.39 is 0 Å². The zero-order chi connectivity index (χ0) is 19.5. The summed E-state index contributed by atoms with van der Waals surface area (Å²) in [6.07, 6.45) is 3.37. The van der Waals surface area contributed by atoms with Gasteiger partial charge in [0.25, 0.3) is 11.8 Å². The minimum absolute atomic E-state index is 0.0186. The van der Waals surface area contributed by atoms with Gasteiger partial charge in [0.15, 0.2) is 12.4 Å². The summed E-state index contributed by atoms with van der Waals surface area (Å²) < 4.78 is 11.2.